The van der Waals surface area contributed by atoms with E-state index < -0.39 is 34.0 Å². The molecule has 4 aromatic rings. The molecule has 1 amide bonds. The quantitative estimate of drug-likeness (QED) is 0.393. The first-order chi connectivity index (χ1) is 17.1. The van der Waals surface area contributed by atoms with Crippen molar-refractivity contribution in [2.45, 2.75) is 24.6 Å². The van der Waals surface area contributed by atoms with Gasteiger partial charge in [0.1, 0.15) is 22.6 Å². The van der Waals surface area contributed by atoms with Crippen LogP contribution in [0.4, 0.5) is 17.6 Å². The first-order valence-electron chi connectivity index (χ1n) is 11.0. The van der Waals surface area contributed by atoms with Gasteiger partial charge in [-0.1, -0.05) is 11.6 Å². The highest BCUT2D eigenvalue weighted by Crippen LogP contribution is 2.62. The SMILES string of the molecule is COc1ccc(-n2nccn2)c(C(=O)N2CC[C@@H]3C[C@@]32c2nc3cc(Cl)c(C(F)(F)F)cc3[nH]2)c1F. The second-order valence-electron chi connectivity index (χ2n) is 8.80. The van der Waals surface area contributed by atoms with Crippen LogP contribution in [0.3, 0.4) is 0 Å². The van der Waals surface area contributed by atoms with Gasteiger partial charge in [-0.15, -0.1) is 0 Å². The highest BCUT2D eigenvalue weighted by molar-refractivity contribution is 6.32. The first kappa shape index (κ1) is 22.8. The summed E-state index contributed by atoms with van der Waals surface area (Å²) in [6.45, 7) is 0.317. The van der Waals surface area contributed by atoms with Gasteiger partial charge in [0.05, 0.1) is 41.1 Å². The molecule has 1 aliphatic carbocycles. The first-order valence-corrected chi connectivity index (χ1v) is 11.3. The Kier molecular flexibility index (Phi) is 4.85. The van der Waals surface area contributed by atoms with Crippen LogP contribution in [-0.2, 0) is 11.7 Å². The fourth-order valence-corrected chi connectivity index (χ4v) is 5.44. The van der Waals surface area contributed by atoms with Crippen molar-refractivity contribution in [2.24, 2.45) is 5.92 Å². The lowest BCUT2D eigenvalue weighted by molar-refractivity contribution is -0.137. The summed E-state index contributed by atoms with van der Waals surface area (Å²) >= 11 is 5.87. The monoisotopic (exact) mass is 520 g/mol. The maximum Gasteiger partial charge on any atom is 0.417 e. The van der Waals surface area contributed by atoms with Crippen molar-refractivity contribution in [1.29, 1.82) is 0 Å². The molecule has 1 saturated carbocycles. The molecular formula is C23H17ClF4N6O2. The van der Waals surface area contributed by atoms with Crippen molar-refractivity contribution in [1.82, 2.24) is 29.9 Å². The normalized spacial score (nSPS) is 21.2. The minimum Gasteiger partial charge on any atom is -0.494 e. The van der Waals surface area contributed by atoms with E-state index in [1.54, 1.807) is 0 Å². The van der Waals surface area contributed by atoms with Gasteiger partial charge in [-0.2, -0.15) is 28.2 Å². The summed E-state index contributed by atoms with van der Waals surface area (Å²) in [7, 11) is 1.29. The Labute approximate surface area is 205 Å². The number of H-pyrrole nitrogens is 1. The third-order valence-electron chi connectivity index (χ3n) is 6.94. The van der Waals surface area contributed by atoms with Crippen molar-refractivity contribution in [3.63, 3.8) is 0 Å². The van der Waals surface area contributed by atoms with Gasteiger partial charge in [0.25, 0.3) is 5.91 Å². The highest BCUT2D eigenvalue weighted by atomic mass is 35.5. The number of halogens is 5. The van der Waals surface area contributed by atoms with Gasteiger partial charge in [0.15, 0.2) is 11.6 Å². The fraction of sp³-hybridized carbons (Fsp3) is 0.304. The lowest BCUT2D eigenvalue weighted by Crippen LogP contribution is -2.40. The number of amides is 1. The molecule has 0 bridgehead atoms. The molecule has 0 unspecified atom stereocenters. The number of nitrogens with one attached hydrogen (secondary N) is 1. The number of ether oxygens (including phenoxy) is 1. The van der Waals surface area contributed by atoms with E-state index in [0.29, 0.717) is 25.2 Å². The molecule has 2 aromatic heterocycles. The van der Waals surface area contributed by atoms with E-state index >= 15 is 4.39 Å². The summed E-state index contributed by atoms with van der Waals surface area (Å²) in [5.74, 6) is -1.23. The topological polar surface area (TPSA) is 88.9 Å². The number of methoxy groups -OCH3 is 1. The summed E-state index contributed by atoms with van der Waals surface area (Å²) in [5.41, 5.74) is -1.62. The average molecular weight is 521 g/mol. The summed E-state index contributed by atoms with van der Waals surface area (Å²) in [5, 5.41) is 7.59. The molecule has 186 valence electrons. The smallest absolute Gasteiger partial charge is 0.417 e. The Bertz CT molecular complexity index is 1520. The van der Waals surface area contributed by atoms with Crippen LogP contribution in [0.2, 0.25) is 5.02 Å². The molecule has 8 nitrogen and oxygen atoms in total. The number of aromatic amines is 1. The van der Waals surface area contributed by atoms with Gasteiger partial charge in [0.2, 0.25) is 0 Å². The Morgan fingerprint density at radius 1 is 1.25 bits per heavy atom. The van der Waals surface area contributed by atoms with Gasteiger partial charge >= 0.3 is 6.18 Å². The molecule has 1 N–H and O–H groups in total. The molecule has 3 heterocycles. The summed E-state index contributed by atoms with van der Waals surface area (Å²) in [4.78, 5) is 24.0. The van der Waals surface area contributed by atoms with Gasteiger partial charge in [-0.3, -0.25) is 4.79 Å². The van der Waals surface area contributed by atoms with E-state index in [0.717, 1.165) is 16.9 Å². The van der Waals surface area contributed by atoms with Crippen molar-refractivity contribution in [3.8, 4) is 11.4 Å². The van der Waals surface area contributed by atoms with Crippen LogP contribution in [0.1, 0.15) is 34.6 Å². The molecule has 1 aliphatic heterocycles. The minimum absolute atomic E-state index is 0.0273. The second kappa shape index (κ2) is 7.66. The van der Waals surface area contributed by atoms with Crippen molar-refractivity contribution in [3.05, 3.63) is 64.5 Å². The number of fused-ring (bicyclic) bond motifs is 2. The zero-order valence-electron chi connectivity index (χ0n) is 18.6. The number of carbonyl (C=O) groups excluding carboxylic acids is 1. The van der Waals surface area contributed by atoms with Crippen LogP contribution in [0.25, 0.3) is 16.7 Å². The number of hydrogen-bond donors (Lipinski definition) is 1. The number of likely N-dealkylation sites (tertiary alicyclic amines) is 1. The largest absolute Gasteiger partial charge is 0.494 e. The number of hydrogen-bond acceptors (Lipinski definition) is 5. The third kappa shape index (κ3) is 3.20. The van der Waals surface area contributed by atoms with Crippen molar-refractivity contribution in [2.75, 3.05) is 13.7 Å². The molecule has 0 radical (unpaired) electrons. The van der Waals surface area contributed by atoms with E-state index in [1.165, 1.54) is 36.5 Å². The molecule has 1 saturated heterocycles. The van der Waals surface area contributed by atoms with E-state index in [1.807, 2.05) is 0 Å². The van der Waals surface area contributed by atoms with Crippen LogP contribution in [-0.4, -0.2) is 49.4 Å². The van der Waals surface area contributed by atoms with Gasteiger partial charge < -0.3 is 14.6 Å². The summed E-state index contributed by atoms with van der Waals surface area (Å²) in [6.07, 6.45) is -0.649. The number of nitrogens with zero attached hydrogens (tertiary/aromatic N) is 5. The molecule has 2 aliphatic rings. The maximum atomic E-state index is 15.5. The molecule has 0 spiro atoms. The number of benzene rings is 2. The Hall–Kier alpha value is -3.67. The number of piperidine rings is 1. The number of imidazole rings is 1. The number of rotatable bonds is 4. The molecular weight excluding hydrogens is 504 g/mol. The van der Waals surface area contributed by atoms with Crippen LogP contribution >= 0.6 is 11.6 Å². The molecule has 36 heavy (non-hydrogen) atoms. The van der Waals surface area contributed by atoms with E-state index in [9.17, 15) is 18.0 Å². The Morgan fingerprint density at radius 3 is 2.67 bits per heavy atom. The third-order valence-corrected chi connectivity index (χ3v) is 7.25. The maximum absolute atomic E-state index is 15.5. The predicted molar refractivity (Wildman–Crippen MR) is 119 cm³/mol. The van der Waals surface area contributed by atoms with Gasteiger partial charge in [-0.05, 0) is 43.0 Å². The molecule has 2 aromatic carbocycles. The van der Waals surface area contributed by atoms with Gasteiger partial charge in [-0.25, -0.2) is 9.37 Å². The van der Waals surface area contributed by atoms with Gasteiger partial charge in [0, 0.05) is 6.54 Å². The van der Waals surface area contributed by atoms with Crippen LogP contribution in [0.15, 0.2) is 36.7 Å². The second-order valence-corrected chi connectivity index (χ2v) is 9.20. The zero-order valence-corrected chi connectivity index (χ0v) is 19.4. The lowest BCUT2D eigenvalue weighted by atomic mass is 10.1. The highest BCUT2D eigenvalue weighted by Gasteiger charge is 2.66. The molecule has 13 heteroatoms. The summed E-state index contributed by atoms with van der Waals surface area (Å²) < 4.78 is 60.6. The molecule has 2 fully saturated rings. The van der Waals surface area contributed by atoms with Crippen LogP contribution in [0.5, 0.6) is 5.75 Å². The standard InChI is InChI=1S/C23H17ClF4N6O2/c1-36-17-3-2-16(34-29-5-6-30-34)18(19(17)25)20(35)33-7-4-11-10-22(11,33)21-31-14-8-12(23(26,27)28)13(24)9-15(14)32-21/h2-3,5-6,8-9,11H,4,7,10H2,1H3,(H,31,32)/t11-,22+/m1/s1. The minimum atomic E-state index is -4.63. The lowest BCUT2D eigenvalue weighted by Gasteiger charge is -2.28. The molecule has 6 rings (SSSR count). The fourth-order valence-electron chi connectivity index (χ4n) is 5.18. The summed E-state index contributed by atoms with van der Waals surface area (Å²) in [6, 6.07) is 4.93. The van der Waals surface area contributed by atoms with Crippen LogP contribution < -0.4 is 4.74 Å². The number of alkyl halides is 3. The van der Waals surface area contributed by atoms with E-state index in [2.05, 4.69) is 20.2 Å². The number of carbonyl (C=O) groups is 1. The Balaban J connectivity index is 1.45. The average Bonchev–Trinajstić information content (AvgIpc) is 3.24. The predicted octanol–water partition coefficient (Wildman–Crippen LogP) is 4.72. The van der Waals surface area contributed by atoms with Crippen molar-refractivity contribution >= 4 is 28.5 Å². The van der Waals surface area contributed by atoms with Crippen molar-refractivity contribution < 1.29 is 27.1 Å². The number of aromatic nitrogens is 5. The van der Waals surface area contributed by atoms with E-state index in [4.69, 9.17) is 16.3 Å². The Morgan fingerprint density at radius 2 is 2.00 bits per heavy atom. The van der Waals surface area contributed by atoms with E-state index in [-0.39, 0.29) is 34.0 Å². The molecule has 2 atom stereocenters. The zero-order chi connectivity index (χ0) is 25.4. The van der Waals surface area contributed by atoms with Crippen LogP contribution in [0, 0.1) is 11.7 Å².